The third-order valence-corrected chi connectivity index (χ3v) is 3.53. The highest BCUT2D eigenvalue weighted by Gasteiger charge is 2.31. The Hall–Kier alpha value is -2.40. The number of aldehydes is 1. The van der Waals surface area contributed by atoms with E-state index >= 15 is 0 Å². The van der Waals surface area contributed by atoms with Gasteiger partial charge in [0.2, 0.25) is 6.29 Å². The number of aliphatic hydroxyl groups is 1. The van der Waals surface area contributed by atoms with Gasteiger partial charge in [-0.3, -0.25) is 4.79 Å². The number of aliphatic hydroxyl groups excluding tert-OH is 1. The molecule has 0 amide bonds. The quantitative estimate of drug-likeness (QED) is 0.609. The molecule has 20 heavy (non-hydrogen) atoms. The molecule has 1 heterocycles. The van der Waals surface area contributed by atoms with E-state index in [0.717, 1.165) is 5.56 Å². The molecule has 5 nitrogen and oxygen atoms in total. The zero-order chi connectivity index (χ0) is 14.4. The summed E-state index contributed by atoms with van der Waals surface area (Å²) in [6, 6.07) is 5.19. The Kier molecular flexibility index (Phi) is 2.72. The first kappa shape index (κ1) is 12.6. The second kappa shape index (κ2) is 4.31. The molecule has 3 rings (SSSR count). The molecular weight excluding hydrogens is 260 g/mol. The number of esters is 1. The molecule has 102 valence electrons. The molecule has 1 unspecified atom stereocenters. The summed E-state index contributed by atoms with van der Waals surface area (Å²) in [6.07, 6.45) is -0.805. The van der Waals surface area contributed by atoms with Crippen molar-refractivity contribution in [2.45, 2.75) is 19.6 Å². The van der Waals surface area contributed by atoms with Gasteiger partial charge in [0.15, 0.2) is 6.29 Å². The van der Waals surface area contributed by atoms with Crippen LogP contribution in [0.3, 0.4) is 0 Å². The molecule has 0 spiro atoms. The van der Waals surface area contributed by atoms with Gasteiger partial charge in [-0.15, -0.1) is 0 Å². The fraction of sp³-hybridized carbons (Fsp3) is 0.200. The molecule has 0 saturated heterocycles. The molecule has 5 heteroatoms. The van der Waals surface area contributed by atoms with Crippen molar-refractivity contribution in [3.63, 3.8) is 0 Å². The largest absolute Gasteiger partial charge is 0.507 e. The zero-order valence-electron chi connectivity index (χ0n) is 10.7. The van der Waals surface area contributed by atoms with Crippen molar-refractivity contribution in [2.24, 2.45) is 0 Å². The smallest absolute Gasteiger partial charge is 0.341 e. The first-order valence-corrected chi connectivity index (χ1v) is 6.15. The number of rotatable bonds is 1. The van der Waals surface area contributed by atoms with Crippen molar-refractivity contribution >= 4 is 23.0 Å². The van der Waals surface area contributed by atoms with Crippen LogP contribution in [-0.2, 0) is 11.2 Å². The van der Waals surface area contributed by atoms with Crippen LogP contribution in [0, 0.1) is 6.92 Å². The van der Waals surface area contributed by atoms with E-state index in [4.69, 9.17) is 4.74 Å². The van der Waals surface area contributed by atoms with Crippen LogP contribution in [-0.4, -0.2) is 28.8 Å². The lowest BCUT2D eigenvalue weighted by Crippen LogP contribution is -2.28. The van der Waals surface area contributed by atoms with Crippen LogP contribution < -0.4 is 0 Å². The van der Waals surface area contributed by atoms with Gasteiger partial charge in [-0.2, -0.15) is 0 Å². The molecule has 1 aliphatic heterocycles. The highest BCUT2D eigenvalue weighted by Crippen LogP contribution is 2.38. The van der Waals surface area contributed by atoms with E-state index < -0.39 is 12.3 Å². The fourth-order valence-electron chi connectivity index (χ4n) is 2.63. The summed E-state index contributed by atoms with van der Waals surface area (Å²) in [4.78, 5) is 23.3. The lowest BCUT2D eigenvalue weighted by molar-refractivity contribution is -0.0685. The number of aryl methyl sites for hydroxylation is 1. The van der Waals surface area contributed by atoms with Crippen molar-refractivity contribution in [3.05, 3.63) is 40.5 Å². The predicted molar refractivity (Wildman–Crippen MR) is 70.9 cm³/mol. The molecule has 0 aliphatic carbocycles. The van der Waals surface area contributed by atoms with E-state index in [2.05, 4.69) is 0 Å². The van der Waals surface area contributed by atoms with Crippen LogP contribution in [0.25, 0.3) is 10.8 Å². The molecule has 1 aliphatic rings. The number of phenols is 1. The topological polar surface area (TPSA) is 83.8 Å². The maximum atomic E-state index is 12.0. The number of carbonyl (C=O) groups excluding carboxylic acids is 2. The summed E-state index contributed by atoms with van der Waals surface area (Å²) in [6.45, 7) is 1.86. The first-order chi connectivity index (χ1) is 9.52. The number of carbonyl (C=O) groups is 2. The van der Waals surface area contributed by atoms with Crippen molar-refractivity contribution in [1.29, 1.82) is 0 Å². The molecule has 2 N–H and O–H groups in total. The number of hydrogen-bond donors (Lipinski definition) is 2. The summed E-state index contributed by atoms with van der Waals surface area (Å²) < 4.78 is 4.82. The maximum absolute atomic E-state index is 12.0. The Balaban J connectivity index is 2.50. The minimum Gasteiger partial charge on any atom is -0.507 e. The van der Waals surface area contributed by atoms with Gasteiger partial charge in [-0.05, 0) is 12.5 Å². The average Bonchev–Trinajstić information content (AvgIpc) is 2.38. The third-order valence-electron chi connectivity index (χ3n) is 3.53. The first-order valence-electron chi connectivity index (χ1n) is 6.15. The zero-order valence-corrected chi connectivity index (χ0v) is 10.7. The second-order valence-electron chi connectivity index (χ2n) is 4.85. The molecule has 0 bridgehead atoms. The van der Waals surface area contributed by atoms with Crippen LogP contribution in [0.2, 0.25) is 0 Å². The Morgan fingerprint density at radius 3 is 2.80 bits per heavy atom. The number of phenolic OH excluding ortho intramolecular Hbond substituents is 1. The Bertz CT molecular complexity index is 748. The molecule has 0 aromatic heterocycles. The van der Waals surface area contributed by atoms with Gasteiger partial charge in [0.1, 0.15) is 5.75 Å². The van der Waals surface area contributed by atoms with E-state index in [9.17, 15) is 19.8 Å². The van der Waals surface area contributed by atoms with E-state index in [1.165, 1.54) is 0 Å². The third kappa shape index (κ3) is 1.67. The van der Waals surface area contributed by atoms with E-state index in [1.807, 2.05) is 6.92 Å². The average molecular weight is 272 g/mol. The van der Waals surface area contributed by atoms with Crippen molar-refractivity contribution in [3.8, 4) is 5.75 Å². The normalized spacial score (nSPS) is 17.7. The lowest BCUT2D eigenvalue weighted by atomic mass is 9.89. The van der Waals surface area contributed by atoms with Crippen molar-refractivity contribution < 1.29 is 24.5 Å². The number of fused-ring (bicyclic) bond motifs is 3. The predicted octanol–water partition coefficient (Wildman–Crippen LogP) is 1.70. The van der Waals surface area contributed by atoms with Crippen LogP contribution >= 0.6 is 0 Å². The van der Waals surface area contributed by atoms with E-state index in [-0.39, 0.29) is 23.3 Å². The highest BCUT2D eigenvalue weighted by atomic mass is 16.6. The van der Waals surface area contributed by atoms with E-state index in [0.29, 0.717) is 22.6 Å². The van der Waals surface area contributed by atoms with Crippen LogP contribution in [0.1, 0.15) is 31.8 Å². The van der Waals surface area contributed by atoms with Crippen molar-refractivity contribution in [1.82, 2.24) is 0 Å². The lowest BCUT2D eigenvalue weighted by Gasteiger charge is -2.24. The highest BCUT2D eigenvalue weighted by molar-refractivity contribution is 6.12. The number of aromatic hydroxyl groups is 1. The number of hydrogen-bond acceptors (Lipinski definition) is 5. The Morgan fingerprint density at radius 2 is 2.10 bits per heavy atom. The molecular formula is C15H12O5. The summed E-state index contributed by atoms with van der Waals surface area (Å²) >= 11 is 0. The van der Waals surface area contributed by atoms with Gasteiger partial charge in [-0.25, -0.2) is 4.79 Å². The molecule has 2 aromatic rings. The minimum absolute atomic E-state index is 0.00735. The minimum atomic E-state index is -1.30. The molecule has 0 saturated carbocycles. The second-order valence-corrected chi connectivity index (χ2v) is 4.85. The Labute approximate surface area is 114 Å². The van der Waals surface area contributed by atoms with Gasteiger partial charge in [0.25, 0.3) is 0 Å². The van der Waals surface area contributed by atoms with E-state index in [1.54, 1.807) is 18.2 Å². The van der Waals surface area contributed by atoms with Gasteiger partial charge in [0.05, 0.1) is 11.1 Å². The number of benzene rings is 2. The molecule has 0 radical (unpaired) electrons. The van der Waals surface area contributed by atoms with Gasteiger partial charge < -0.3 is 14.9 Å². The summed E-state index contributed by atoms with van der Waals surface area (Å²) in [5.41, 5.74) is 1.53. The van der Waals surface area contributed by atoms with Crippen LogP contribution in [0.5, 0.6) is 5.75 Å². The molecule has 1 atom stereocenters. The van der Waals surface area contributed by atoms with Gasteiger partial charge in [-0.1, -0.05) is 23.8 Å². The summed E-state index contributed by atoms with van der Waals surface area (Å²) in [7, 11) is 0. The molecule has 2 aromatic carbocycles. The summed E-state index contributed by atoms with van der Waals surface area (Å²) in [5.74, 6) is -0.854. The monoisotopic (exact) mass is 272 g/mol. The van der Waals surface area contributed by atoms with Crippen LogP contribution in [0.15, 0.2) is 18.2 Å². The van der Waals surface area contributed by atoms with Crippen molar-refractivity contribution in [2.75, 3.05) is 0 Å². The SMILES string of the molecule is Cc1ccc2c(O)c(C=O)c3c(c2c1)C(=O)OC(O)C3. The van der Waals surface area contributed by atoms with Crippen LogP contribution in [0.4, 0.5) is 0 Å². The molecule has 0 fully saturated rings. The van der Waals surface area contributed by atoms with Gasteiger partial charge >= 0.3 is 5.97 Å². The van der Waals surface area contributed by atoms with Gasteiger partial charge in [0, 0.05) is 17.2 Å². The Morgan fingerprint density at radius 1 is 1.35 bits per heavy atom. The fourth-order valence-corrected chi connectivity index (χ4v) is 2.63. The number of ether oxygens (including phenoxy) is 1. The number of cyclic esters (lactones) is 1. The maximum Gasteiger partial charge on any atom is 0.341 e. The summed E-state index contributed by atoms with van der Waals surface area (Å²) in [5, 5.41) is 20.7. The standard InChI is InChI=1S/C15H12O5/c1-7-2-3-8-9(4-7)13-10(11(6-16)14(8)18)5-12(17)20-15(13)19/h2-4,6,12,17-18H,5H2,1H3.